The van der Waals surface area contributed by atoms with Crippen LogP contribution in [0.5, 0.6) is 5.75 Å². The van der Waals surface area contributed by atoms with Gasteiger partial charge in [0.25, 0.3) is 11.6 Å². The fraction of sp³-hybridized carbons (Fsp3) is 0.0476. The van der Waals surface area contributed by atoms with Crippen LogP contribution in [0.3, 0.4) is 0 Å². The Bertz CT molecular complexity index is 1190. The summed E-state index contributed by atoms with van der Waals surface area (Å²) in [4.78, 5) is 27.4. The summed E-state index contributed by atoms with van der Waals surface area (Å²) in [6, 6.07) is 17.1. The Morgan fingerprint density at radius 2 is 2.00 bits per heavy atom. The third kappa shape index (κ3) is 4.36. The second kappa shape index (κ2) is 8.58. The molecular weight excluding hydrogens is 406 g/mol. The zero-order valence-corrected chi connectivity index (χ0v) is 16.3. The maximum atomic E-state index is 12.6. The number of non-ortho nitro benzene ring substituents is 1. The van der Waals surface area contributed by atoms with Crippen LogP contribution in [0.25, 0.3) is 11.3 Å². The Hall–Kier alpha value is -3.98. The van der Waals surface area contributed by atoms with E-state index < -0.39 is 10.8 Å². The summed E-state index contributed by atoms with van der Waals surface area (Å²) in [6.45, 7) is 0.181. The molecule has 0 saturated heterocycles. The number of rotatable bonds is 7. The molecule has 1 N–H and O–H groups in total. The van der Waals surface area contributed by atoms with E-state index in [9.17, 15) is 14.9 Å². The van der Waals surface area contributed by atoms with Crippen molar-refractivity contribution in [3.63, 3.8) is 0 Å². The molecule has 0 spiro atoms. The number of aromatic nitrogens is 1. The van der Waals surface area contributed by atoms with E-state index in [4.69, 9.17) is 9.15 Å². The second-order valence-corrected chi connectivity index (χ2v) is 7.03. The molecule has 0 unspecified atom stereocenters. The van der Waals surface area contributed by atoms with Crippen LogP contribution < -0.4 is 10.1 Å². The molecule has 150 valence electrons. The highest BCUT2D eigenvalue weighted by Crippen LogP contribution is 2.28. The molecule has 2 aromatic carbocycles. The minimum atomic E-state index is -0.464. The topological polar surface area (TPSA) is 108 Å². The van der Waals surface area contributed by atoms with E-state index >= 15 is 0 Å². The van der Waals surface area contributed by atoms with E-state index in [1.807, 2.05) is 30.3 Å². The van der Waals surface area contributed by atoms with Crippen LogP contribution in [0.15, 0.2) is 76.7 Å². The third-order valence-corrected chi connectivity index (χ3v) is 4.93. The van der Waals surface area contributed by atoms with Crippen molar-refractivity contribution in [2.45, 2.75) is 6.61 Å². The monoisotopic (exact) mass is 421 g/mol. The van der Waals surface area contributed by atoms with Gasteiger partial charge >= 0.3 is 0 Å². The third-order valence-electron chi connectivity index (χ3n) is 4.17. The summed E-state index contributed by atoms with van der Waals surface area (Å²) in [7, 11) is 0. The van der Waals surface area contributed by atoms with Gasteiger partial charge in [-0.25, -0.2) is 4.98 Å². The number of ether oxygens (including phenoxy) is 1. The van der Waals surface area contributed by atoms with E-state index in [1.165, 1.54) is 29.7 Å². The number of furan rings is 1. The number of hydrogen-bond acceptors (Lipinski definition) is 7. The molecule has 0 atom stereocenters. The number of anilines is 1. The molecule has 30 heavy (non-hydrogen) atoms. The number of nitrogens with one attached hydrogen (secondary N) is 1. The highest BCUT2D eigenvalue weighted by molar-refractivity contribution is 7.14. The van der Waals surface area contributed by atoms with E-state index in [2.05, 4.69) is 10.3 Å². The molecule has 8 nitrogen and oxygen atoms in total. The van der Waals surface area contributed by atoms with E-state index in [0.717, 1.165) is 0 Å². The van der Waals surface area contributed by atoms with E-state index in [-0.39, 0.29) is 18.1 Å². The van der Waals surface area contributed by atoms with Crippen molar-refractivity contribution in [2.75, 3.05) is 5.32 Å². The van der Waals surface area contributed by atoms with Gasteiger partial charge in [-0.05, 0) is 18.2 Å². The fourth-order valence-electron chi connectivity index (χ4n) is 2.72. The van der Waals surface area contributed by atoms with Crippen molar-refractivity contribution in [2.24, 2.45) is 0 Å². The first kappa shape index (κ1) is 19.3. The molecule has 0 fully saturated rings. The Morgan fingerprint density at radius 1 is 1.17 bits per heavy atom. The molecule has 0 aliphatic rings. The summed E-state index contributed by atoms with van der Waals surface area (Å²) < 4.78 is 11.0. The first-order valence-corrected chi connectivity index (χ1v) is 9.74. The summed E-state index contributed by atoms with van der Waals surface area (Å²) >= 11 is 1.21. The molecule has 4 rings (SSSR count). The molecule has 1 amide bonds. The maximum absolute atomic E-state index is 12.6. The van der Waals surface area contributed by atoms with Crippen LogP contribution in [-0.2, 0) is 6.61 Å². The fourth-order valence-corrected chi connectivity index (χ4v) is 3.44. The lowest BCUT2D eigenvalue weighted by molar-refractivity contribution is -0.384. The van der Waals surface area contributed by atoms with Gasteiger partial charge in [0.05, 0.1) is 16.9 Å². The number of thiazole rings is 1. The minimum absolute atomic E-state index is 0.0234. The van der Waals surface area contributed by atoms with Crippen molar-refractivity contribution in [1.82, 2.24) is 4.98 Å². The Labute approximate surface area is 174 Å². The standard InChI is InChI=1S/C21H15N3O5S/c25-20(19-15(9-10-28-19)12-29-17-7-2-1-3-8-17)23-21-22-18(13-30-21)14-5-4-6-16(11-14)24(26)27/h1-11,13H,12H2,(H,22,23,25). The van der Waals surface area contributed by atoms with Gasteiger partial charge < -0.3 is 9.15 Å². The molecule has 4 aromatic rings. The van der Waals surface area contributed by atoms with Crippen molar-refractivity contribution >= 4 is 28.1 Å². The van der Waals surface area contributed by atoms with Crippen LogP contribution >= 0.6 is 11.3 Å². The van der Waals surface area contributed by atoms with Crippen LogP contribution in [0.4, 0.5) is 10.8 Å². The quantitative estimate of drug-likeness (QED) is 0.327. The van der Waals surface area contributed by atoms with Crippen LogP contribution in [0.1, 0.15) is 16.1 Å². The number of benzene rings is 2. The van der Waals surface area contributed by atoms with E-state index in [1.54, 1.807) is 23.6 Å². The predicted octanol–water partition coefficient (Wildman–Crippen LogP) is 5.14. The average Bonchev–Trinajstić information content (AvgIpc) is 3.42. The predicted molar refractivity (Wildman–Crippen MR) is 112 cm³/mol. The van der Waals surface area contributed by atoms with Crippen LogP contribution in [0, 0.1) is 10.1 Å². The first-order chi connectivity index (χ1) is 14.6. The zero-order valence-electron chi connectivity index (χ0n) is 15.5. The van der Waals surface area contributed by atoms with Gasteiger partial charge in [-0.1, -0.05) is 30.3 Å². The zero-order chi connectivity index (χ0) is 20.9. The number of carbonyl (C=O) groups excluding carboxylic acids is 1. The number of nitro groups is 1. The van der Waals surface area contributed by atoms with Crippen molar-refractivity contribution in [3.05, 3.63) is 93.7 Å². The average molecular weight is 421 g/mol. The molecule has 2 heterocycles. The van der Waals surface area contributed by atoms with Crippen molar-refractivity contribution in [1.29, 1.82) is 0 Å². The second-order valence-electron chi connectivity index (χ2n) is 6.18. The Balaban J connectivity index is 1.45. The summed E-state index contributed by atoms with van der Waals surface area (Å²) in [5, 5.41) is 15.7. The smallest absolute Gasteiger partial charge is 0.293 e. The molecule has 0 bridgehead atoms. The van der Waals surface area contributed by atoms with Gasteiger partial charge in [0.15, 0.2) is 10.9 Å². The van der Waals surface area contributed by atoms with Gasteiger partial charge in [0, 0.05) is 28.6 Å². The van der Waals surface area contributed by atoms with Gasteiger partial charge in [-0.3, -0.25) is 20.2 Å². The SMILES string of the molecule is O=C(Nc1nc(-c2cccc([N+](=O)[O-])c2)cs1)c1occc1COc1ccccc1. The molecule has 0 saturated carbocycles. The molecule has 9 heteroatoms. The van der Waals surface area contributed by atoms with Crippen molar-refractivity contribution in [3.8, 4) is 17.0 Å². The Kier molecular flexibility index (Phi) is 5.53. The number of para-hydroxylation sites is 1. The number of carbonyl (C=O) groups is 1. The van der Waals surface area contributed by atoms with Gasteiger partial charge in [-0.15, -0.1) is 11.3 Å². The summed E-state index contributed by atoms with van der Waals surface area (Å²) in [5.74, 6) is 0.371. The van der Waals surface area contributed by atoms with Gasteiger partial charge in [0.2, 0.25) is 0 Å². The number of nitrogens with zero attached hydrogens (tertiary/aromatic N) is 2. The van der Waals surface area contributed by atoms with Crippen molar-refractivity contribution < 1.29 is 18.9 Å². The summed E-state index contributed by atoms with van der Waals surface area (Å²) in [5.41, 5.74) is 1.71. The molecular formula is C21H15N3O5S. The molecule has 2 aromatic heterocycles. The number of hydrogen-bond donors (Lipinski definition) is 1. The van der Waals surface area contributed by atoms with Gasteiger partial charge in [-0.2, -0.15) is 0 Å². The van der Waals surface area contributed by atoms with Crippen LogP contribution in [-0.4, -0.2) is 15.8 Å². The van der Waals surface area contributed by atoms with E-state index in [0.29, 0.717) is 27.7 Å². The normalized spacial score (nSPS) is 10.5. The largest absolute Gasteiger partial charge is 0.489 e. The molecule has 0 radical (unpaired) electrons. The van der Waals surface area contributed by atoms with Gasteiger partial charge in [0.1, 0.15) is 12.4 Å². The van der Waals surface area contributed by atoms with Crippen LogP contribution in [0.2, 0.25) is 0 Å². The lowest BCUT2D eigenvalue weighted by Crippen LogP contribution is -2.13. The number of amides is 1. The molecule has 0 aliphatic carbocycles. The Morgan fingerprint density at radius 3 is 2.80 bits per heavy atom. The summed E-state index contributed by atoms with van der Waals surface area (Å²) in [6.07, 6.45) is 1.43. The maximum Gasteiger partial charge on any atom is 0.293 e. The lowest BCUT2D eigenvalue weighted by Gasteiger charge is -2.06. The minimum Gasteiger partial charge on any atom is -0.489 e. The highest BCUT2D eigenvalue weighted by atomic mass is 32.1. The molecule has 0 aliphatic heterocycles. The highest BCUT2D eigenvalue weighted by Gasteiger charge is 2.18. The lowest BCUT2D eigenvalue weighted by atomic mass is 10.1. The number of nitro benzene ring substituents is 1. The first-order valence-electron chi connectivity index (χ1n) is 8.86.